The van der Waals surface area contributed by atoms with E-state index < -0.39 is 0 Å². The molecular weight excluding hydrogens is 214 g/mol. The zero-order valence-electron chi connectivity index (χ0n) is 10.0. The van der Waals surface area contributed by atoms with E-state index in [-0.39, 0.29) is 5.91 Å². The molecule has 2 aliphatic rings. The standard InChI is InChI=1S/C13H17N3O/c1-15-11-4-2-3-5-12(11)16(9-13(15)17)10-6-7-14-8-10/h2-5,10,14H,6-9H2,1H3. The van der Waals surface area contributed by atoms with Gasteiger partial charge in [-0.1, -0.05) is 12.1 Å². The fourth-order valence-electron chi connectivity index (χ4n) is 2.69. The summed E-state index contributed by atoms with van der Waals surface area (Å²) in [5.41, 5.74) is 2.21. The molecule has 1 aromatic carbocycles. The zero-order chi connectivity index (χ0) is 11.8. The molecule has 1 amide bonds. The molecule has 1 fully saturated rings. The van der Waals surface area contributed by atoms with Gasteiger partial charge in [0.1, 0.15) is 0 Å². The van der Waals surface area contributed by atoms with Crippen LogP contribution < -0.4 is 15.1 Å². The van der Waals surface area contributed by atoms with Crippen molar-refractivity contribution < 1.29 is 4.79 Å². The van der Waals surface area contributed by atoms with E-state index in [9.17, 15) is 4.79 Å². The number of hydrogen-bond donors (Lipinski definition) is 1. The number of benzene rings is 1. The van der Waals surface area contributed by atoms with Gasteiger partial charge >= 0.3 is 0 Å². The van der Waals surface area contributed by atoms with Crippen LogP contribution in [0.5, 0.6) is 0 Å². The molecule has 1 aromatic rings. The van der Waals surface area contributed by atoms with E-state index in [1.165, 1.54) is 5.69 Å². The number of para-hydroxylation sites is 2. The van der Waals surface area contributed by atoms with E-state index in [0.29, 0.717) is 12.6 Å². The number of amides is 1. The maximum absolute atomic E-state index is 12.0. The van der Waals surface area contributed by atoms with E-state index in [1.54, 1.807) is 4.90 Å². The number of likely N-dealkylation sites (N-methyl/N-ethyl adjacent to an activating group) is 1. The Morgan fingerprint density at radius 2 is 2.06 bits per heavy atom. The largest absolute Gasteiger partial charge is 0.356 e. The normalized spacial score (nSPS) is 24.1. The van der Waals surface area contributed by atoms with Crippen LogP contribution in [0.1, 0.15) is 6.42 Å². The molecule has 0 aliphatic carbocycles. The first-order chi connectivity index (χ1) is 8.27. The quantitative estimate of drug-likeness (QED) is 0.777. The fraction of sp³-hybridized carbons (Fsp3) is 0.462. The number of carbonyl (C=O) groups excluding carboxylic acids is 1. The Morgan fingerprint density at radius 1 is 1.29 bits per heavy atom. The molecule has 0 bridgehead atoms. The number of nitrogens with one attached hydrogen (secondary N) is 1. The topological polar surface area (TPSA) is 35.6 Å². The molecule has 17 heavy (non-hydrogen) atoms. The average Bonchev–Trinajstić information content (AvgIpc) is 2.87. The van der Waals surface area contributed by atoms with Crippen LogP contribution in [0.4, 0.5) is 11.4 Å². The highest BCUT2D eigenvalue weighted by molar-refractivity contribution is 6.02. The third-order valence-corrected chi connectivity index (χ3v) is 3.71. The summed E-state index contributed by atoms with van der Waals surface area (Å²) in [6, 6.07) is 8.60. The second kappa shape index (κ2) is 4.04. The number of anilines is 2. The summed E-state index contributed by atoms with van der Waals surface area (Å²) in [6.45, 7) is 2.53. The lowest BCUT2D eigenvalue weighted by Gasteiger charge is -2.38. The predicted molar refractivity (Wildman–Crippen MR) is 68.5 cm³/mol. The van der Waals surface area contributed by atoms with Gasteiger partial charge in [-0.05, 0) is 25.1 Å². The lowest BCUT2D eigenvalue weighted by Crippen LogP contribution is -2.49. The van der Waals surface area contributed by atoms with Gasteiger partial charge in [-0.2, -0.15) is 0 Å². The molecule has 2 aliphatic heterocycles. The van der Waals surface area contributed by atoms with Gasteiger partial charge in [0.05, 0.1) is 17.9 Å². The second-order valence-corrected chi connectivity index (χ2v) is 4.72. The molecular formula is C13H17N3O. The van der Waals surface area contributed by atoms with E-state index in [2.05, 4.69) is 16.3 Å². The van der Waals surface area contributed by atoms with E-state index in [0.717, 1.165) is 25.2 Å². The number of fused-ring (bicyclic) bond motifs is 1. The summed E-state index contributed by atoms with van der Waals surface area (Å²) >= 11 is 0. The lowest BCUT2D eigenvalue weighted by molar-refractivity contribution is -0.117. The summed E-state index contributed by atoms with van der Waals surface area (Å²) < 4.78 is 0. The second-order valence-electron chi connectivity index (χ2n) is 4.72. The van der Waals surface area contributed by atoms with Crippen LogP contribution >= 0.6 is 0 Å². The van der Waals surface area contributed by atoms with Gasteiger partial charge in [-0.3, -0.25) is 4.79 Å². The minimum absolute atomic E-state index is 0.176. The van der Waals surface area contributed by atoms with Crippen LogP contribution in [0, 0.1) is 0 Å². The first-order valence-electron chi connectivity index (χ1n) is 6.10. The Morgan fingerprint density at radius 3 is 2.76 bits per heavy atom. The molecule has 4 heteroatoms. The van der Waals surface area contributed by atoms with Crippen molar-refractivity contribution in [3.05, 3.63) is 24.3 Å². The summed E-state index contributed by atoms with van der Waals surface area (Å²) in [5.74, 6) is 0.176. The fourth-order valence-corrected chi connectivity index (χ4v) is 2.69. The van der Waals surface area contributed by atoms with Crippen molar-refractivity contribution in [1.29, 1.82) is 0 Å². The molecule has 0 spiro atoms. The van der Waals surface area contributed by atoms with Gasteiger partial charge in [0.2, 0.25) is 5.91 Å². The third kappa shape index (κ3) is 1.69. The molecule has 1 atom stereocenters. The number of hydrogen-bond acceptors (Lipinski definition) is 3. The summed E-state index contributed by atoms with van der Waals surface area (Å²) in [5, 5.41) is 3.36. The maximum atomic E-state index is 12.0. The summed E-state index contributed by atoms with van der Waals surface area (Å²) in [4.78, 5) is 16.0. The highest BCUT2D eigenvalue weighted by atomic mass is 16.2. The Labute approximate surface area is 101 Å². The molecule has 1 unspecified atom stereocenters. The zero-order valence-corrected chi connectivity index (χ0v) is 10.0. The maximum Gasteiger partial charge on any atom is 0.246 e. The molecule has 1 N–H and O–H groups in total. The van der Waals surface area contributed by atoms with Gasteiger partial charge in [0, 0.05) is 19.6 Å². The Kier molecular flexibility index (Phi) is 2.52. The minimum atomic E-state index is 0.176. The van der Waals surface area contributed by atoms with Crippen molar-refractivity contribution in [2.75, 3.05) is 36.5 Å². The lowest BCUT2D eigenvalue weighted by atomic mass is 10.1. The smallest absolute Gasteiger partial charge is 0.246 e. The highest BCUT2D eigenvalue weighted by Gasteiger charge is 2.32. The Balaban J connectivity index is 2.00. The van der Waals surface area contributed by atoms with Gasteiger partial charge in [-0.15, -0.1) is 0 Å². The summed E-state index contributed by atoms with van der Waals surface area (Å²) in [7, 11) is 1.85. The average molecular weight is 231 g/mol. The monoisotopic (exact) mass is 231 g/mol. The van der Waals surface area contributed by atoms with E-state index in [4.69, 9.17) is 0 Å². The van der Waals surface area contributed by atoms with Crippen molar-refractivity contribution >= 4 is 17.3 Å². The van der Waals surface area contributed by atoms with Crippen LogP contribution in [0.2, 0.25) is 0 Å². The molecule has 0 radical (unpaired) electrons. The van der Waals surface area contributed by atoms with Crippen molar-refractivity contribution in [3.8, 4) is 0 Å². The molecule has 2 heterocycles. The predicted octanol–water partition coefficient (Wildman–Crippen LogP) is 0.831. The van der Waals surface area contributed by atoms with Crippen molar-refractivity contribution in [3.63, 3.8) is 0 Å². The molecule has 0 aromatic heterocycles. The highest BCUT2D eigenvalue weighted by Crippen LogP contribution is 2.34. The van der Waals surface area contributed by atoms with Crippen molar-refractivity contribution in [2.24, 2.45) is 0 Å². The molecule has 1 saturated heterocycles. The van der Waals surface area contributed by atoms with Gasteiger partial charge in [-0.25, -0.2) is 0 Å². The molecule has 90 valence electrons. The van der Waals surface area contributed by atoms with Gasteiger partial charge in [0.25, 0.3) is 0 Å². The first kappa shape index (κ1) is 10.6. The number of rotatable bonds is 1. The van der Waals surface area contributed by atoms with Crippen molar-refractivity contribution in [2.45, 2.75) is 12.5 Å². The first-order valence-corrected chi connectivity index (χ1v) is 6.10. The third-order valence-electron chi connectivity index (χ3n) is 3.71. The van der Waals surface area contributed by atoms with E-state index >= 15 is 0 Å². The van der Waals surface area contributed by atoms with Gasteiger partial charge < -0.3 is 15.1 Å². The molecule has 3 rings (SSSR count). The number of nitrogens with zero attached hydrogens (tertiary/aromatic N) is 2. The molecule has 4 nitrogen and oxygen atoms in total. The Hall–Kier alpha value is -1.55. The van der Waals surface area contributed by atoms with Crippen LogP contribution in [-0.2, 0) is 4.79 Å². The van der Waals surface area contributed by atoms with Crippen LogP contribution in [0.25, 0.3) is 0 Å². The Bertz CT molecular complexity index is 440. The van der Waals surface area contributed by atoms with Crippen LogP contribution in [-0.4, -0.2) is 38.6 Å². The summed E-state index contributed by atoms with van der Waals surface area (Å²) in [6.07, 6.45) is 1.12. The van der Waals surface area contributed by atoms with Crippen LogP contribution in [0.3, 0.4) is 0 Å². The number of carbonyl (C=O) groups is 1. The van der Waals surface area contributed by atoms with Gasteiger partial charge in [0.15, 0.2) is 0 Å². The van der Waals surface area contributed by atoms with Crippen molar-refractivity contribution in [1.82, 2.24) is 5.32 Å². The van der Waals surface area contributed by atoms with E-state index in [1.807, 2.05) is 25.2 Å². The minimum Gasteiger partial charge on any atom is -0.356 e. The SMILES string of the molecule is CN1C(=O)CN(C2CCNC2)c2ccccc21. The van der Waals surface area contributed by atoms with Crippen LogP contribution in [0.15, 0.2) is 24.3 Å². The molecule has 0 saturated carbocycles.